The molecule has 0 aromatic rings. The molecule has 1 aliphatic heterocycles. The number of carbonyl (C=O) groups is 1. The molecular weight excluding hydrogens is 178 g/mol. The number of nitrogens with one attached hydrogen (secondary N) is 1. The van der Waals surface area contributed by atoms with Crippen molar-refractivity contribution in [3.63, 3.8) is 0 Å². The fourth-order valence-corrected chi connectivity index (χ4v) is 2.22. The first-order chi connectivity index (χ1) is 6.69. The molecule has 1 rings (SSSR count). The summed E-state index contributed by atoms with van der Waals surface area (Å²) >= 11 is 0. The summed E-state index contributed by atoms with van der Waals surface area (Å²) in [5.41, 5.74) is 0. The smallest absolute Gasteiger partial charge is 0.310 e. The minimum absolute atomic E-state index is 0.0528. The normalized spacial score (nSPS) is 31.8. The third-order valence-electron chi connectivity index (χ3n) is 2.96. The lowest BCUT2D eigenvalue weighted by Gasteiger charge is -2.16. The molecule has 82 valence electrons. The van der Waals surface area contributed by atoms with E-state index in [4.69, 9.17) is 4.74 Å². The summed E-state index contributed by atoms with van der Waals surface area (Å²) < 4.78 is 4.81. The molecule has 1 saturated heterocycles. The van der Waals surface area contributed by atoms with Gasteiger partial charge in [0, 0.05) is 12.1 Å². The Morgan fingerprint density at radius 2 is 2.29 bits per heavy atom. The number of carbonyl (C=O) groups excluding carboxylic acids is 1. The molecule has 1 heterocycles. The van der Waals surface area contributed by atoms with E-state index in [0.717, 1.165) is 12.8 Å². The van der Waals surface area contributed by atoms with Crippen molar-refractivity contribution < 1.29 is 9.53 Å². The van der Waals surface area contributed by atoms with Crippen LogP contribution in [0.25, 0.3) is 0 Å². The van der Waals surface area contributed by atoms with Crippen LogP contribution in [0.3, 0.4) is 0 Å². The zero-order valence-corrected chi connectivity index (χ0v) is 9.38. The van der Waals surface area contributed by atoms with Gasteiger partial charge in [-0.2, -0.15) is 0 Å². The average Bonchev–Trinajstić information content (AvgIpc) is 2.55. The molecule has 3 heteroatoms. The Morgan fingerprint density at radius 3 is 2.86 bits per heavy atom. The van der Waals surface area contributed by atoms with Gasteiger partial charge in [-0.3, -0.25) is 4.79 Å². The summed E-state index contributed by atoms with van der Waals surface area (Å²) in [6.45, 7) is 4.30. The van der Waals surface area contributed by atoms with Gasteiger partial charge in [0.05, 0.1) is 13.0 Å². The van der Waals surface area contributed by atoms with Crippen molar-refractivity contribution in [2.45, 2.75) is 51.6 Å². The van der Waals surface area contributed by atoms with Crippen LogP contribution in [0.2, 0.25) is 0 Å². The standard InChI is InChI=1S/C11H21NO2/c1-4-5-6-10-9(11(13)14-3)7-8(2)12-10/h8-10,12H,4-7H2,1-3H3/t8-,9+,10-/m0/s1. The topological polar surface area (TPSA) is 38.3 Å². The van der Waals surface area contributed by atoms with Crippen LogP contribution in [0.1, 0.15) is 39.5 Å². The van der Waals surface area contributed by atoms with Crippen LogP contribution < -0.4 is 5.32 Å². The molecule has 0 spiro atoms. The highest BCUT2D eigenvalue weighted by molar-refractivity contribution is 5.73. The molecule has 3 atom stereocenters. The summed E-state index contributed by atoms with van der Waals surface area (Å²) in [6, 6.07) is 0.776. The van der Waals surface area contributed by atoms with Crippen LogP contribution in [0, 0.1) is 5.92 Å². The van der Waals surface area contributed by atoms with Crippen molar-refractivity contribution in [2.24, 2.45) is 5.92 Å². The molecular formula is C11H21NO2. The van der Waals surface area contributed by atoms with Crippen molar-refractivity contribution in [3.05, 3.63) is 0 Å². The molecule has 0 aliphatic carbocycles. The van der Waals surface area contributed by atoms with Crippen molar-refractivity contribution in [3.8, 4) is 0 Å². The number of esters is 1. The van der Waals surface area contributed by atoms with Gasteiger partial charge in [0.15, 0.2) is 0 Å². The van der Waals surface area contributed by atoms with E-state index in [1.165, 1.54) is 20.0 Å². The molecule has 3 nitrogen and oxygen atoms in total. The molecule has 1 fully saturated rings. The molecule has 0 unspecified atom stereocenters. The van der Waals surface area contributed by atoms with Gasteiger partial charge in [0.2, 0.25) is 0 Å². The van der Waals surface area contributed by atoms with E-state index >= 15 is 0 Å². The van der Waals surface area contributed by atoms with Crippen LogP contribution in [-0.2, 0) is 9.53 Å². The lowest BCUT2D eigenvalue weighted by atomic mass is 9.95. The lowest BCUT2D eigenvalue weighted by Crippen LogP contribution is -2.33. The Balaban J connectivity index is 2.49. The quantitative estimate of drug-likeness (QED) is 0.701. The number of hydrogen-bond donors (Lipinski definition) is 1. The molecule has 0 amide bonds. The predicted molar refractivity (Wildman–Crippen MR) is 56.0 cm³/mol. The Bertz CT molecular complexity index is 194. The summed E-state index contributed by atoms with van der Waals surface area (Å²) in [4.78, 5) is 11.5. The van der Waals surface area contributed by atoms with E-state index in [0.29, 0.717) is 12.1 Å². The number of methoxy groups -OCH3 is 1. The summed E-state index contributed by atoms with van der Waals surface area (Å²) in [7, 11) is 1.47. The van der Waals surface area contributed by atoms with E-state index < -0.39 is 0 Å². The van der Waals surface area contributed by atoms with Gasteiger partial charge in [0.1, 0.15) is 0 Å². The maximum atomic E-state index is 11.5. The van der Waals surface area contributed by atoms with Crippen LogP contribution >= 0.6 is 0 Å². The molecule has 1 aliphatic rings. The summed E-state index contributed by atoms with van der Waals surface area (Å²) in [5.74, 6) is 0.0181. The highest BCUT2D eigenvalue weighted by atomic mass is 16.5. The van der Waals surface area contributed by atoms with Crippen molar-refractivity contribution in [2.75, 3.05) is 7.11 Å². The molecule has 0 aromatic carbocycles. The van der Waals surface area contributed by atoms with Gasteiger partial charge in [-0.1, -0.05) is 19.8 Å². The van der Waals surface area contributed by atoms with Gasteiger partial charge in [0.25, 0.3) is 0 Å². The summed E-state index contributed by atoms with van der Waals surface area (Å²) in [6.07, 6.45) is 4.36. The number of ether oxygens (including phenoxy) is 1. The first kappa shape index (κ1) is 11.5. The van der Waals surface area contributed by atoms with Crippen molar-refractivity contribution in [1.29, 1.82) is 0 Å². The van der Waals surface area contributed by atoms with Crippen LogP contribution in [0.15, 0.2) is 0 Å². The first-order valence-corrected chi connectivity index (χ1v) is 5.53. The highest BCUT2D eigenvalue weighted by Crippen LogP contribution is 2.25. The first-order valence-electron chi connectivity index (χ1n) is 5.53. The zero-order valence-electron chi connectivity index (χ0n) is 9.38. The molecule has 14 heavy (non-hydrogen) atoms. The number of unbranched alkanes of at least 4 members (excludes halogenated alkanes) is 1. The third-order valence-corrected chi connectivity index (χ3v) is 2.96. The Kier molecular flexibility index (Phi) is 4.39. The third kappa shape index (κ3) is 2.71. The Labute approximate surface area is 86.2 Å². The van der Waals surface area contributed by atoms with Crippen LogP contribution in [-0.4, -0.2) is 25.2 Å². The van der Waals surface area contributed by atoms with Crippen molar-refractivity contribution >= 4 is 5.97 Å². The minimum Gasteiger partial charge on any atom is -0.469 e. The SMILES string of the molecule is CCCC[C@@H]1N[C@@H](C)C[C@H]1C(=O)OC. The second-order valence-electron chi connectivity index (χ2n) is 4.18. The molecule has 0 bridgehead atoms. The molecule has 1 N–H and O–H groups in total. The molecule has 0 saturated carbocycles. The van der Waals surface area contributed by atoms with Crippen LogP contribution in [0.4, 0.5) is 0 Å². The van der Waals surface area contributed by atoms with E-state index in [1.54, 1.807) is 0 Å². The maximum absolute atomic E-state index is 11.5. The second kappa shape index (κ2) is 5.35. The van der Waals surface area contributed by atoms with E-state index in [1.807, 2.05) is 0 Å². The Morgan fingerprint density at radius 1 is 1.57 bits per heavy atom. The molecule has 0 radical (unpaired) electrons. The molecule has 0 aromatic heterocycles. The minimum atomic E-state index is -0.0528. The fourth-order valence-electron chi connectivity index (χ4n) is 2.22. The fraction of sp³-hybridized carbons (Fsp3) is 0.909. The van der Waals surface area contributed by atoms with E-state index in [9.17, 15) is 4.79 Å². The second-order valence-corrected chi connectivity index (χ2v) is 4.18. The largest absolute Gasteiger partial charge is 0.469 e. The number of rotatable bonds is 4. The van der Waals surface area contributed by atoms with Gasteiger partial charge in [-0.05, 0) is 19.8 Å². The maximum Gasteiger partial charge on any atom is 0.310 e. The van der Waals surface area contributed by atoms with Gasteiger partial charge < -0.3 is 10.1 Å². The predicted octanol–water partition coefficient (Wildman–Crippen LogP) is 1.72. The van der Waals surface area contributed by atoms with E-state index in [-0.39, 0.29) is 11.9 Å². The monoisotopic (exact) mass is 199 g/mol. The zero-order chi connectivity index (χ0) is 10.6. The number of hydrogen-bond acceptors (Lipinski definition) is 3. The van der Waals surface area contributed by atoms with Gasteiger partial charge in [-0.15, -0.1) is 0 Å². The van der Waals surface area contributed by atoms with Crippen molar-refractivity contribution in [1.82, 2.24) is 5.32 Å². The summed E-state index contributed by atoms with van der Waals surface area (Å²) in [5, 5.41) is 3.45. The highest BCUT2D eigenvalue weighted by Gasteiger charge is 2.36. The van der Waals surface area contributed by atoms with Gasteiger partial charge >= 0.3 is 5.97 Å². The van der Waals surface area contributed by atoms with Gasteiger partial charge in [-0.25, -0.2) is 0 Å². The Hall–Kier alpha value is -0.570. The van der Waals surface area contributed by atoms with Crippen LogP contribution in [0.5, 0.6) is 0 Å². The average molecular weight is 199 g/mol. The lowest BCUT2D eigenvalue weighted by molar-refractivity contribution is -0.145. The van der Waals surface area contributed by atoms with E-state index in [2.05, 4.69) is 19.2 Å².